The maximum Gasteiger partial charge on any atom is 0.329 e. The smallest absolute Gasteiger partial charge is 0.329 e. The highest BCUT2D eigenvalue weighted by Crippen LogP contribution is 2.51. The average molecular weight is 926 g/mol. The van der Waals surface area contributed by atoms with Gasteiger partial charge in [-0.05, 0) is 93.8 Å². The van der Waals surface area contributed by atoms with Gasteiger partial charge in [0.1, 0.15) is 30.8 Å². The molecule has 330 valence electrons. The lowest BCUT2D eigenvalue weighted by Crippen LogP contribution is -2.47. The molecule has 8 rings (SSSR count). The Kier molecular flexibility index (Phi) is 12.9. The molecule has 17 nitrogen and oxygen atoms in total. The minimum Gasteiger partial charge on any atom is -0.489 e. The van der Waals surface area contributed by atoms with Crippen LogP contribution in [-0.2, 0) is 14.3 Å². The van der Waals surface area contributed by atoms with Gasteiger partial charge in [0.15, 0.2) is 11.6 Å². The maximum atomic E-state index is 13.7. The van der Waals surface area contributed by atoms with Crippen LogP contribution in [0, 0.1) is 29.9 Å². The number of piperidine rings is 1. The van der Waals surface area contributed by atoms with Crippen molar-refractivity contribution in [3.8, 4) is 11.5 Å². The molecule has 0 radical (unpaired) electrons. The number of morpholine rings is 1. The molecular weight excluding hydrogens is 876 g/mol. The molecule has 63 heavy (non-hydrogen) atoms. The van der Waals surface area contributed by atoms with Crippen LogP contribution in [0.1, 0.15) is 62.6 Å². The fraction of sp³-hybridized carbons (Fsp3) is 0.422. The van der Waals surface area contributed by atoms with E-state index in [1.54, 1.807) is 53.3 Å². The van der Waals surface area contributed by atoms with Crippen molar-refractivity contribution >= 4 is 73.3 Å². The van der Waals surface area contributed by atoms with E-state index < -0.39 is 11.0 Å². The molecule has 4 atom stereocenters. The average Bonchev–Trinajstić information content (AvgIpc) is 3.97. The van der Waals surface area contributed by atoms with Crippen LogP contribution in [0.4, 0.5) is 32.5 Å². The molecule has 0 spiro atoms. The monoisotopic (exact) mass is 924 g/mol. The van der Waals surface area contributed by atoms with Gasteiger partial charge in [0.25, 0.3) is 5.69 Å². The first-order chi connectivity index (χ1) is 30.3. The van der Waals surface area contributed by atoms with Crippen molar-refractivity contribution in [2.45, 2.75) is 83.4 Å². The van der Waals surface area contributed by atoms with Crippen molar-refractivity contribution in [2.24, 2.45) is 5.92 Å². The quantitative estimate of drug-likeness (QED) is 0.0626. The Hall–Kier alpha value is -6.14. The molecule has 4 aliphatic rings. The third-order valence-corrected chi connectivity index (χ3v) is 13.1. The molecule has 5 amide bonds. The van der Waals surface area contributed by atoms with Crippen LogP contribution in [0.15, 0.2) is 71.6 Å². The summed E-state index contributed by atoms with van der Waals surface area (Å²) in [5.41, 5.74) is 3.15. The number of nitrogens with zero attached hydrogens (tertiary/aromatic N) is 6. The zero-order valence-electron chi connectivity index (χ0n) is 35.1. The number of carbonyl (C=O) groups is 4. The van der Waals surface area contributed by atoms with Crippen LogP contribution in [0.3, 0.4) is 0 Å². The first-order valence-electron chi connectivity index (χ1n) is 21.2. The van der Waals surface area contributed by atoms with Crippen molar-refractivity contribution in [1.82, 2.24) is 19.8 Å². The Morgan fingerprint density at radius 1 is 1.00 bits per heavy atom. The Morgan fingerprint density at radius 3 is 2.60 bits per heavy atom. The van der Waals surface area contributed by atoms with Crippen LogP contribution in [0.25, 0.3) is 10.8 Å². The second-order valence-electron chi connectivity index (χ2n) is 16.5. The number of non-ortho nitro benzene ring substituents is 1. The summed E-state index contributed by atoms with van der Waals surface area (Å²) in [5, 5.41) is 18.2. The highest BCUT2D eigenvalue weighted by molar-refractivity contribution is 9.10. The third kappa shape index (κ3) is 9.46. The molecule has 4 fully saturated rings. The van der Waals surface area contributed by atoms with Crippen molar-refractivity contribution in [3.63, 3.8) is 0 Å². The lowest BCUT2D eigenvalue weighted by atomic mass is 9.97. The predicted molar refractivity (Wildman–Crippen MR) is 238 cm³/mol. The molecule has 1 aliphatic carbocycles. The van der Waals surface area contributed by atoms with Crippen LogP contribution < -0.4 is 25.0 Å². The van der Waals surface area contributed by atoms with E-state index in [0.717, 1.165) is 35.0 Å². The Labute approximate surface area is 372 Å². The highest BCUT2D eigenvalue weighted by Gasteiger charge is 2.56. The summed E-state index contributed by atoms with van der Waals surface area (Å²) in [6.45, 7) is 9.15. The summed E-state index contributed by atoms with van der Waals surface area (Å²) in [5.74, 6) is 1.35. The number of benzene rings is 3. The number of aryl methyl sites for hydroxylation is 2. The fourth-order valence-corrected chi connectivity index (χ4v) is 9.40. The van der Waals surface area contributed by atoms with Crippen LogP contribution in [0.5, 0.6) is 11.5 Å². The van der Waals surface area contributed by atoms with Gasteiger partial charge in [0.2, 0.25) is 5.91 Å². The number of urea groups is 2. The van der Waals surface area contributed by atoms with Crippen molar-refractivity contribution in [1.29, 1.82) is 0 Å². The fourth-order valence-electron chi connectivity index (χ4n) is 9.06. The van der Waals surface area contributed by atoms with Gasteiger partial charge in [-0.15, -0.1) is 0 Å². The third-order valence-electron chi connectivity index (χ3n) is 12.2. The summed E-state index contributed by atoms with van der Waals surface area (Å²) in [7, 11) is 0. The Balaban J connectivity index is 0.785. The number of ether oxygens (including phenoxy) is 3. The van der Waals surface area contributed by atoms with Crippen molar-refractivity contribution < 1.29 is 38.3 Å². The van der Waals surface area contributed by atoms with Crippen molar-refractivity contribution in [3.05, 3.63) is 93.0 Å². The van der Waals surface area contributed by atoms with Gasteiger partial charge < -0.3 is 29.3 Å². The molecule has 4 heterocycles. The van der Waals surface area contributed by atoms with E-state index >= 15 is 0 Å². The van der Waals surface area contributed by atoms with Gasteiger partial charge in [-0.3, -0.25) is 34.9 Å². The number of hydrogen-bond acceptors (Lipinski definition) is 11. The number of Topliss-reactive ketones (excluding diaryl/α,β-unsaturated/α-hetero) is 1. The molecule has 1 saturated carbocycles. The number of amides is 5. The van der Waals surface area contributed by atoms with Crippen molar-refractivity contribution in [2.75, 3.05) is 48.4 Å². The normalized spacial score (nSPS) is 20.3. The molecule has 4 aromatic rings. The number of aromatic nitrogens is 2. The number of ketones is 1. The van der Waals surface area contributed by atoms with Crippen LogP contribution in [-0.4, -0.2) is 99.5 Å². The number of carbonyl (C=O) groups excluding carboxylic acids is 4. The second kappa shape index (κ2) is 18.7. The van der Waals surface area contributed by atoms with Crippen LogP contribution in [0.2, 0.25) is 0 Å². The number of rotatable bonds is 16. The summed E-state index contributed by atoms with van der Waals surface area (Å²) < 4.78 is 18.7. The summed E-state index contributed by atoms with van der Waals surface area (Å²) in [6, 6.07) is 10.9. The lowest BCUT2D eigenvalue weighted by Gasteiger charge is -2.33. The van der Waals surface area contributed by atoms with E-state index in [1.165, 1.54) is 12.3 Å². The minimum absolute atomic E-state index is 0.00135. The molecule has 0 unspecified atom stereocenters. The molecular formula is C45H49BrN8O9. The standard InChI is InChI=1S/C45H49BrN8O9/c1-26-17-40(37(20-36(26)46)49-44(57)50-41-22-47-27(2)21-48-41)63-25-33-23-51(15-16-61-33)42(56)8-6-4-5-7-31(55)24-62-32-11-12-34-35(19-32)38(13-14-39(34)54(59)60)52-28(3)43-29-9-10-30(18-29)53(43)45(52)58/h11-14,17,19-22,29-30,33,43H,3-10,15-16,18,23-25H2,1-2H3,(H2,48,49,50,57)/t29-,30+,33-,43-/m0/s1. The maximum absolute atomic E-state index is 13.7. The SMILES string of the molecule is C=C1[C@H]2[C@H]3CC[C@H](C3)N2C(=O)N1c1ccc([N+](=O)[O-])c2ccc(OCC(=O)CCCCCC(=O)N3CCO[C@H](COc4cc(C)c(Br)cc4NC(=O)Nc4cnc(C)cn4)C3)cc12. The predicted octanol–water partition coefficient (Wildman–Crippen LogP) is 8.07. The number of unbranched alkanes of at least 4 members (excludes halogenated alkanes) is 2. The van der Waals surface area contributed by atoms with E-state index in [0.29, 0.717) is 96.5 Å². The Morgan fingerprint density at radius 2 is 1.83 bits per heavy atom. The summed E-state index contributed by atoms with van der Waals surface area (Å²) in [4.78, 5) is 77.6. The highest BCUT2D eigenvalue weighted by atomic mass is 79.9. The van der Waals surface area contributed by atoms with E-state index in [1.807, 2.05) is 17.9 Å². The number of nitro benzene ring substituents is 1. The van der Waals surface area contributed by atoms with Gasteiger partial charge in [0, 0.05) is 47.1 Å². The molecule has 3 saturated heterocycles. The zero-order chi connectivity index (χ0) is 44.4. The summed E-state index contributed by atoms with van der Waals surface area (Å²) >= 11 is 3.52. The second-order valence-corrected chi connectivity index (χ2v) is 17.4. The Bertz CT molecular complexity index is 2440. The number of fused-ring (bicyclic) bond motifs is 6. The number of hydrogen-bond donors (Lipinski definition) is 2. The molecule has 18 heteroatoms. The van der Waals surface area contributed by atoms with E-state index in [9.17, 15) is 29.3 Å². The molecule has 1 aromatic heterocycles. The first kappa shape index (κ1) is 43.5. The number of nitro groups is 1. The molecule has 2 N–H and O–H groups in total. The van der Waals surface area contributed by atoms with Gasteiger partial charge >= 0.3 is 12.1 Å². The van der Waals surface area contributed by atoms with Crippen LogP contribution >= 0.6 is 15.9 Å². The van der Waals surface area contributed by atoms with Gasteiger partial charge in [-0.25, -0.2) is 14.6 Å². The van der Waals surface area contributed by atoms with Gasteiger partial charge in [-0.1, -0.05) is 28.9 Å². The summed E-state index contributed by atoms with van der Waals surface area (Å²) in [6.07, 6.45) is 8.11. The number of halogens is 1. The lowest BCUT2D eigenvalue weighted by molar-refractivity contribution is -0.383. The number of nitrogens with one attached hydrogen (secondary N) is 2. The van der Waals surface area contributed by atoms with E-state index in [4.69, 9.17) is 14.2 Å². The first-order valence-corrected chi connectivity index (χ1v) is 22.0. The van der Waals surface area contributed by atoms with Gasteiger partial charge in [-0.2, -0.15) is 0 Å². The molecule has 3 aliphatic heterocycles. The van der Waals surface area contributed by atoms with E-state index in [-0.39, 0.29) is 61.2 Å². The number of anilines is 3. The molecule has 3 aromatic carbocycles. The zero-order valence-corrected chi connectivity index (χ0v) is 36.7. The largest absolute Gasteiger partial charge is 0.489 e. The molecule has 2 bridgehead atoms. The van der Waals surface area contributed by atoms with Gasteiger partial charge in [0.05, 0.1) is 59.0 Å². The van der Waals surface area contributed by atoms with E-state index in [2.05, 4.69) is 43.1 Å². The minimum atomic E-state index is -0.514. The topological polar surface area (TPSA) is 199 Å².